The molecular formula is C33H29F3N2O4S. The molecule has 0 bridgehead atoms. The number of hydrogen-bond donors (Lipinski definition) is 1. The van der Waals surface area contributed by atoms with Crippen LogP contribution in [-0.4, -0.2) is 27.5 Å². The molecule has 0 aliphatic carbocycles. The van der Waals surface area contributed by atoms with Gasteiger partial charge in [-0.15, -0.1) is 0 Å². The zero-order valence-electron chi connectivity index (χ0n) is 23.7. The van der Waals surface area contributed by atoms with Crippen LogP contribution in [0.5, 0.6) is 5.88 Å². The molecule has 0 amide bonds. The van der Waals surface area contributed by atoms with E-state index in [0.29, 0.717) is 18.0 Å². The number of nitrogens with zero attached hydrogens (tertiary/aromatic N) is 2. The van der Waals surface area contributed by atoms with Gasteiger partial charge in [0.15, 0.2) is 0 Å². The third kappa shape index (κ3) is 6.71. The topological polar surface area (TPSA) is 75.8 Å². The minimum atomic E-state index is -4.57. The molecule has 6 nitrogen and oxygen atoms in total. The monoisotopic (exact) mass is 606 g/mol. The molecule has 0 radical (unpaired) electrons. The third-order valence-electron chi connectivity index (χ3n) is 7.18. The number of aromatic nitrogens is 1. The molecule has 222 valence electrons. The number of halogens is 3. The first-order valence-electron chi connectivity index (χ1n) is 13.4. The number of aliphatic carboxylic acids is 1. The third-order valence-corrected chi connectivity index (χ3v) is 8.22. The molecule has 0 spiro atoms. The first-order chi connectivity index (χ1) is 20.5. The highest BCUT2D eigenvalue weighted by Crippen LogP contribution is 2.37. The van der Waals surface area contributed by atoms with Crippen LogP contribution in [0.1, 0.15) is 36.5 Å². The maximum atomic E-state index is 13.2. The molecule has 43 heavy (non-hydrogen) atoms. The van der Waals surface area contributed by atoms with E-state index in [4.69, 9.17) is 9.15 Å². The molecule has 0 saturated carbocycles. The highest BCUT2D eigenvalue weighted by Gasteiger charge is 2.35. The lowest BCUT2D eigenvalue weighted by molar-refractivity contribution is -0.153. The summed E-state index contributed by atoms with van der Waals surface area (Å²) in [5, 5.41) is 11.4. The van der Waals surface area contributed by atoms with Crippen molar-refractivity contribution >= 4 is 28.7 Å². The van der Waals surface area contributed by atoms with Gasteiger partial charge in [0, 0.05) is 28.4 Å². The van der Waals surface area contributed by atoms with E-state index < -0.39 is 23.3 Å². The standard InChI is InChI=1S/C33H29F3N2O4S/c1-32(2,31(39)40)24-8-6-7-23(17-24)22-13-11-21(12-14-22)19-38(20-25-15-16-29(42-25)33(34,35)36)43-28-18-37-30(41-3)27-10-5-4-9-26(27)28/h4-18H,19-20H2,1-3H3,(H,39,40). The zero-order chi connectivity index (χ0) is 30.8. The van der Waals surface area contributed by atoms with Gasteiger partial charge in [0.05, 0.1) is 19.1 Å². The summed E-state index contributed by atoms with van der Waals surface area (Å²) in [5.41, 5.74) is 2.38. The number of carboxylic acid groups (broad SMARTS) is 1. The quantitative estimate of drug-likeness (QED) is 0.160. The van der Waals surface area contributed by atoms with E-state index in [2.05, 4.69) is 4.98 Å². The van der Waals surface area contributed by atoms with Crippen LogP contribution in [0.4, 0.5) is 13.2 Å². The Morgan fingerprint density at radius 3 is 2.30 bits per heavy atom. The molecule has 2 heterocycles. The molecule has 5 rings (SSSR count). The summed E-state index contributed by atoms with van der Waals surface area (Å²) in [5.74, 6) is -1.28. The molecule has 10 heteroatoms. The van der Waals surface area contributed by atoms with Crippen LogP contribution in [0.25, 0.3) is 21.9 Å². The summed E-state index contributed by atoms with van der Waals surface area (Å²) < 4.78 is 52.2. The van der Waals surface area contributed by atoms with Crippen LogP contribution in [0, 0.1) is 0 Å². The second kappa shape index (κ2) is 12.1. The highest BCUT2D eigenvalue weighted by molar-refractivity contribution is 7.97. The number of carboxylic acids is 1. The number of hydrogen-bond acceptors (Lipinski definition) is 6. The molecule has 3 aromatic carbocycles. The van der Waals surface area contributed by atoms with Crippen LogP contribution < -0.4 is 4.74 Å². The Balaban J connectivity index is 1.43. The highest BCUT2D eigenvalue weighted by atomic mass is 32.2. The van der Waals surface area contributed by atoms with Crippen molar-refractivity contribution in [2.75, 3.05) is 7.11 Å². The number of furan rings is 1. The smallest absolute Gasteiger partial charge is 0.449 e. The van der Waals surface area contributed by atoms with Gasteiger partial charge in [-0.3, -0.25) is 4.79 Å². The number of methoxy groups -OCH3 is 1. The van der Waals surface area contributed by atoms with E-state index in [0.717, 1.165) is 38.4 Å². The Hall–Kier alpha value is -4.28. The second-order valence-corrected chi connectivity index (χ2v) is 11.7. The van der Waals surface area contributed by atoms with Crippen molar-refractivity contribution in [3.05, 3.63) is 114 Å². The second-order valence-electron chi connectivity index (χ2n) is 10.5. The van der Waals surface area contributed by atoms with Gasteiger partial charge in [-0.1, -0.05) is 66.7 Å². The average Bonchev–Trinajstić information content (AvgIpc) is 3.47. The molecule has 0 aliphatic heterocycles. The summed E-state index contributed by atoms with van der Waals surface area (Å²) in [6.45, 7) is 3.83. The van der Waals surface area contributed by atoms with Crippen LogP contribution in [-0.2, 0) is 29.5 Å². The van der Waals surface area contributed by atoms with Crippen molar-refractivity contribution in [1.29, 1.82) is 0 Å². The SMILES string of the molecule is COc1ncc(SN(Cc2ccc(-c3cccc(C(C)(C)C(=O)O)c3)cc2)Cc2ccc(C(F)(F)F)o2)c2ccccc12. The minimum absolute atomic E-state index is 0.106. The Bertz CT molecular complexity index is 1750. The van der Waals surface area contributed by atoms with Gasteiger partial charge in [-0.25, -0.2) is 9.29 Å². The predicted molar refractivity (Wildman–Crippen MR) is 160 cm³/mol. The van der Waals surface area contributed by atoms with Gasteiger partial charge >= 0.3 is 12.1 Å². The van der Waals surface area contributed by atoms with E-state index in [9.17, 15) is 23.1 Å². The summed E-state index contributed by atoms with van der Waals surface area (Å²) in [4.78, 5) is 17.0. The van der Waals surface area contributed by atoms with Gasteiger partial charge in [-0.05, 0) is 66.2 Å². The number of rotatable bonds is 10. The predicted octanol–water partition coefficient (Wildman–Crippen LogP) is 8.59. The molecule has 0 aliphatic rings. The van der Waals surface area contributed by atoms with Gasteiger partial charge < -0.3 is 14.3 Å². The summed E-state index contributed by atoms with van der Waals surface area (Å²) >= 11 is 1.37. The van der Waals surface area contributed by atoms with Crippen LogP contribution in [0.2, 0.25) is 0 Å². The number of alkyl halides is 3. The Morgan fingerprint density at radius 2 is 1.65 bits per heavy atom. The molecule has 2 aromatic heterocycles. The van der Waals surface area contributed by atoms with E-state index in [1.54, 1.807) is 33.2 Å². The van der Waals surface area contributed by atoms with Crippen molar-refractivity contribution in [3.8, 4) is 17.0 Å². The van der Waals surface area contributed by atoms with Crippen LogP contribution >= 0.6 is 11.9 Å². The lowest BCUT2D eigenvalue weighted by Gasteiger charge is -2.22. The first-order valence-corrected chi connectivity index (χ1v) is 14.2. The van der Waals surface area contributed by atoms with Gasteiger partial charge in [-0.2, -0.15) is 13.2 Å². The van der Waals surface area contributed by atoms with Gasteiger partial charge in [0.1, 0.15) is 5.76 Å². The van der Waals surface area contributed by atoms with Crippen molar-refractivity contribution < 1.29 is 32.2 Å². The first kappa shape index (κ1) is 30.2. The average molecular weight is 607 g/mol. The molecular weight excluding hydrogens is 577 g/mol. The van der Waals surface area contributed by atoms with Crippen molar-refractivity contribution in [1.82, 2.24) is 9.29 Å². The maximum absolute atomic E-state index is 13.2. The Morgan fingerprint density at radius 1 is 0.930 bits per heavy atom. The number of benzene rings is 3. The lowest BCUT2D eigenvalue weighted by atomic mass is 9.83. The molecule has 0 fully saturated rings. The van der Waals surface area contributed by atoms with E-state index in [1.165, 1.54) is 18.0 Å². The molecule has 1 N–H and O–H groups in total. The molecule has 0 saturated heterocycles. The maximum Gasteiger partial charge on any atom is 0.449 e. The van der Waals surface area contributed by atoms with Crippen molar-refractivity contribution in [2.45, 2.75) is 43.4 Å². The van der Waals surface area contributed by atoms with E-state index in [-0.39, 0.29) is 12.3 Å². The zero-order valence-corrected chi connectivity index (χ0v) is 24.5. The minimum Gasteiger partial charge on any atom is -0.481 e. The largest absolute Gasteiger partial charge is 0.481 e. The molecule has 5 aromatic rings. The molecule has 0 unspecified atom stereocenters. The molecule has 0 atom stereocenters. The van der Waals surface area contributed by atoms with Gasteiger partial charge in [0.25, 0.3) is 0 Å². The Labute approximate surface area is 251 Å². The summed E-state index contributed by atoms with van der Waals surface area (Å²) in [7, 11) is 1.55. The fraction of sp³-hybridized carbons (Fsp3) is 0.212. The van der Waals surface area contributed by atoms with E-state index in [1.807, 2.05) is 71.0 Å². The van der Waals surface area contributed by atoms with Crippen LogP contribution in [0.3, 0.4) is 0 Å². The number of pyridine rings is 1. The number of carbonyl (C=O) groups is 1. The lowest BCUT2D eigenvalue weighted by Crippen LogP contribution is -2.28. The fourth-order valence-electron chi connectivity index (χ4n) is 4.64. The number of ether oxygens (including phenoxy) is 1. The summed E-state index contributed by atoms with van der Waals surface area (Å²) in [6, 6.07) is 25.2. The number of fused-ring (bicyclic) bond motifs is 1. The van der Waals surface area contributed by atoms with Gasteiger partial charge in [0.2, 0.25) is 11.6 Å². The normalized spacial score (nSPS) is 12.2. The van der Waals surface area contributed by atoms with E-state index >= 15 is 0 Å². The fourth-order valence-corrected chi connectivity index (χ4v) is 5.70. The Kier molecular flexibility index (Phi) is 8.52. The van der Waals surface area contributed by atoms with Crippen LogP contribution in [0.15, 0.2) is 100 Å². The van der Waals surface area contributed by atoms with Crippen molar-refractivity contribution in [2.24, 2.45) is 0 Å². The summed E-state index contributed by atoms with van der Waals surface area (Å²) in [6.07, 6.45) is -2.88. The van der Waals surface area contributed by atoms with Crippen molar-refractivity contribution in [3.63, 3.8) is 0 Å².